The average Bonchev–Trinajstić information content (AvgIpc) is 2.63. The van der Waals surface area contributed by atoms with E-state index < -0.39 is 0 Å². The van der Waals surface area contributed by atoms with Crippen molar-refractivity contribution in [3.8, 4) is 0 Å². The van der Waals surface area contributed by atoms with Crippen molar-refractivity contribution in [3.05, 3.63) is 63.6 Å². The SMILES string of the molecule is CC[C@@H](NC(=O)C[NH+](C)CC(=O)Nc1c(Cl)cccc1Cl)c1ccc(C)cc1. The molecule has 5 nitrogen and oxygen atoms in total. The van der Waals surface area contributed by atoms with Crippen LogP contribution in [-0.2, 0) is 9.59 Å². The molecule has 0 radical (unpaired) electrons. The summed E-state index contributed by atoms with van der Waals surface area (Å²) in [5.41, 5.74) is 2.64. The number of hydrogen-bond acceptors (Lipinski definition) is 2. The fourth-order valence-electron chi connectivity index (χ4n) is 2.88. The Morgan fingerprint density at radius 1 is 1.00 bits per heavy atom. The highest BCUT2D eigenvalue weighted by Crippen LogP contribution is 2.29. The van der Waals surface area contributed by atoms with Crippen LogP contribution in [0, 0.1) is 6.92 Å². The number of para-hydroxylation sites is 1. The number of nitrogens with one attached hydrogen (secondary N) is 3. The summed E-state index contributed by atoms with van der Waals surface area (Å²) in [7, 11) is 1.79. The van der Waals surface area contributed by atoms with Crippen LogP contribution in [0.4, 0.5) is 5.69 Å². The van der Waals surface area contributed by atoms with Crippen LogP contribution in [0.25, 0.3) is 0 Å². The molecule has 0 aliphatic heterocycles. The maximum atomic E-state index is 12.4. The molecule has 0 heterocycles. The van der Waals surface area contributed by atoms with Crippen LogP contribution in [0.1, 0.15) is 30.5 Å². The molecule has 0 saturated heterocycles. The lowest BCUT2D eigenvalue weighted by molar-refractivity contribution is -0.862. The second-order valence-electron chi connectivity index (χ2n) is 6.89. The molecule has 2 aromatic rings. The topological polar surface area (TPSA) is 62.6 Å². The van der Waals surface area contributed by atoms with E-state index in [2.05, 4.69) is 10.6 Å². The van der Waals surface area contributed by atoms with Crippen molar-refractivity contribution < 1.29 is 14.5 Å². The van der Waals surface area contributed by atoms with Gasteiger partial charge in [-0.3, -0.25) is 9.59 Å². The highest BCUT2D eigenvalue weighted by atomic mass is 35.5. The maximum absolute atomic E-state index is 12.4. The Morgan fingerprint density at radius 2 is 1.57 bits per heavy atom. The van der Waals surface area contributed by atoms with Crippen molar-refractivity contribution >= 4 is 40.7 Å². The summed E-state index contributed by atoms with van der Waals surface area (Å²) in [5, 5.41) is 6.50. The number of amides is 2. The quantitative estimate of drug-likeness (QED) is 0.611. The molecular formula is C21H26Cl2N3O2+. The van der Waals surface area contributed by atoms with Crippen LogP contribution in [0.2, 0.25) is 10.0 Å². The van der Waals surface area contributed by atoms with Crippen LogP contribution in [0.3, 0.4) is 0 Å². The van der Waals surface area contributed by atoms with E-state index in [1.807, 2.05) is 38.1 Å². The zero-order valence-electron chi connectivity index (χ0n) is 16.3. The number of quaternary nitrogens is 1. The maximum Gasteiger partial charge on any atom is 0.279 e. The van der Waals surface area contributed by atoms with Gasteiger partial charge in [0.15, 0.2) is 13.1 Å². The number of halogens is 2. The van der Waals surface area contributed by atoms with Crippen LogP contribution < -0.4 is 15.5 Å². The van der Waals surface area contributed by atoms with Gasteiger partial charge < -0.3 is 15.5 Å². The molecule has 0 aromatic heterocycles. The third kappa shape index (κ3) is 6.51. The van der Waals surface area contributed by atoms with Crippen molar-refractivity contribution in [2.75, 3.05) is 25.5 Å². The summed E-state index contributed by atoms with van der Waals surface area (Å²) >= 11 is 12.1. The van der Waals surface area contributed by atoms with Gasteiger partial charge in [-0.2, -0.15) is 0 Å². The summed E-state index contributed by atoms with van der Waals surface area (Å²) < 4.78 is 0. The fourth-order valence-corrected chi connectivity index (χ4v) is 3.37. The van der Waals surface area contributed by atoms with Crippen LogP contribution in [0.5, 0.6) is 0 Å². The highest BCUT2D eigenvalue weighted by Gasteiger charge is 2.19. The summed E-state index contributed by atoms with van der Waals surface area (Å²) in [6, 6.07) is 13.1. The highest BCUT2D eigenvalue weighted by molar-refractivity contribution is 6.39. The molecule has 2 rings (SSSR count). The van der Waals surface area contributed by atoms with Crippen molar-refractivity contribution in [1.29, 1.82) is 0 Å². The van der Waals surface area contributed by atoms with Crippen molar-refractivity contribution in [3.63, 3.8) is 0 Å². The van der Waals surface area contributed by atoms with Gasteiger partial charge in [-0.1, -0.05) is 66.0 Å². The Kier molecular flexibility index (Phi) is 8.30. The van der Waals surface area contributed by atoms with Crippen molar-refractivity contribution in [1.82, 2.24) is 5.32 Å². The normalized spacial score (nSPS) is 12.9. The zero-order chi connectivity index (χ0) is 20.7. The smallest absolute Gasteiger partial charge is 0.279 e. The first-order chi connectivity index (χ1) is 13.3. The number of rotatable bonds is 8. The molecule has 28 heavy (non-hydrogen) atoms. The summed E-state index contributed by atoms with van der Waals surface area (Å²) in [5.74, 6) is -0.362. The number of carbonyl (C=O) groups is 2. The molecule has 0 aliphatic carbocycles. The number of hydrogen-bond donors (Lipinski definition) is 3. The molecule has 1 unspecified atom stereocenters. The third-order valence-electron chi connectivity index (χ3n) is 4.38. The van der Waals surface area contributed by atoms with E-state index in [0.29, 0.717) is 15.7 Å². The first-order valence-corrected chi connectivity index (χ1v) is 9.96. The Balaban J connectivity index is 1.87. The van der Waals surface area contributed by atoms with E-state index in [-0.39, 0.29) is 30.9 Å². The molecule has 0 fully saturated rings. The number of likely N-dealkylation sites (N-methyl/N-ethyl adjacent to an activating group) is 1. The molecule has 2 atom stereocenters. The molecule has 150 valence electrons. The predicted octanol–water partition coefficient (Wildman–Crippen LogP) is 3.02. The minimum Gasteiger partial charge on any atom is -0.344 e. The standard InChI is InChI=1S/C21H25Cl2N3O2/c1-4-18(15-10-8-14(2)9-11-15)24-19(27)12-26(3)13-20(28)25-21-16(22)6-5-7-17(21)23/h5-11,18H,4,12-13H2,1-3H3,(H,24,27)(H,25,28)/p+1/t18-/m1/s1. The minimum atomic E-state index is -0.258. The van der Waals surface area contributed by atoms with Crippen LogP contribution in [-0.4, -0.2) is 32.0 Å². The zero-order valence-corrected chi connectivity index (χ0v) is 17.8. The molecule has 2 amide bonds. The number of benzene rings is 2. The lowest BCUT2D eigenvalue weighted by Crippen LogP contribution is -3.11. The van der Waals surface area contributed by atoms with E-state index in [1.54, 1.807) is 25.2 Å². The molecule has 0 aliphatic rings. The second-order valence-corrected chi connectivity index (χ2v) is 7.71. The van der Waals surface area contributed by atoms with Gasteiger partial charge in [-0.05, 0) is 31.0 Å². The number of carbonyl (C=O) groups excluding carboxylic acids is 2. The lowest BCUT2D eigenvalue weighted by atomic mass is 10.0. The number of aryl methyl sites for hydroxylation is 1. The largest absolute Gasteiger partial charge is 0.344 e. The van der Waals surface area contributed by atoms with E-state index >= 15 is 0 Å². The minimum absolute atomic E-state index is 0.0448. The number of anilines is 1. The first kappa shape index (κ1) is 22.2. The van der Waals surface area contributed by atoms with Crippen LogP contribution >= 0.6 is 23.2 Å². The van der Waals surface area contributed by atoms with Gasteiger partial charge in [0.05, 0.1) is 28.8 Å². The Bertz CT molecular complexity index is 805. The first-order valence-electron chi connectivity index (χ1n) is 9.21. The van der Waals surface area contributed by atoms with E-state index in [4.69, 9.17) is 23.2 Å². The van der Waals surface area contributed by atoms with E-state index in [1.165, 1.54) is 5.56 Å². The molecule has 0 bridgehead atoms. The monoisotopic (exact) mass is 422 g/mol. The van der Waals surface area contributed by atoms with Crippen molar-refractivity contribution in [2.45, 2.75) is 26.3 Å². The van der Waals surface area contributed by atoms with Gasteiger partial charge in [0.25, 0.3) is 11.8 Å². The molecular weight excluding hydrogens is 397 g/mol. The average molecular weight is 423 g/mol. The van der Waals surface area contributed by atoms with Gasteiger partial charge in [-0.25, -0.2) is 0 Å². The predicted molar refractivity (Wildman–Crippen MR) is 114 cm³/mol. The summed E-state index contributed by atoms with van der Waals surface area (Å²) in [4.78, 5) is 25.4. The molecule has 3 N–H and O–H groups in total. The Morgan fingerprint density at radius 3 is 2.14 bits per heavy atom. The third-order valence-corrected chi connectivity index (χ3v) is 5.00. The van der Waals surface area contributed by atoms with Crippen LogP contribution in [0.15, 0.2) is 42.5 Å². The van der Waals surface area contributed by atoms with E-state index in [0.717, 1.165) is 16.9 Å². The van der Waals surface area contributed by atoms with Gasteiger partial charge in [0, 0.05) is 0 Å². The molecule has 0 saturated carbocycles. The second kappa shape index (κ2) is 10.5. The summed E-state index contributed by atoms with van der Waals surface area (Å²) in [6.07, 6.45) is 0.791. The summed E-state index contributed by atoms with van der Waals surface area (Å²) in [6.45, 7) is 4.37. The Labute approximate surface area is 176 Å². The van der Waals surface area contributed by atoms with Gasteiger partial charge in [-0.15, -0.1) is 0 Å². The van der Waals surface area contributed by atoms with Gasteiger partial charge >= 0.3 is 0 Å². The van der Waals surface area contributed by atoms with Gasteiger partial charge in [0.1, 0.15) is 0 Å². The van der Waals surface area contributed by atoms with Gasteiger partial charge in [0.2, 0.25) is 0 Å². The molecule has 2 aromatic carbocycles. The lowest BCUT2D eigenvalue weighted by Gasteiger charge is -2.19. The van der Waals surface area contributed by atoms with E-state index in [9.17, 15) is 9.59 Å². The van der Waals surface area contributed by atoms with Crippen molar-refractivity contribution in [2.24, 2.45) is 0 Å². The Hall–Kier alpha value is -2.08. The fraction of sp³-hybridized carbons (Fsp3) is 0.333. The molecule has 0 spiro atoms. The molecule has 7 heteroatoms.